The van der Waals surface area contributed by atoms with Crippen molar-refractivity contribution in [3.63, 3.8) is 0 Å². The van der Waals surface area contributed by atoms with Crippen molar-refractivity contribution in [3.8, 4) is 0 Å². The molecule has 0 aliphatic heterocycles. The molecule has 2 heteroatoms. The monoisotopic (exact) mass is 433 g/mol. The van der Waals surface area contributed by atoms with Crippen molar-refractivity contribution in [1.29, 1.82) is 0 Å². The molecule has 0 saturated heterocycles. The van der Waals surface area contributed by atoms with Crippen molar-refractivity contribution in [2.24, 2.45) is 22.7 Å². The Kier molecular flexibility index (Phi) is 10.4. The zero-order chi connectivity index (χ0) is 23.1. The molecule has 0 aromatic heterocycles. The fourth-order valence-corrected chi connectivity index (χ4v) is 7.26. The predicted molar refractivity (Wildman–Crippen MR) is 135 cm³/mol. The molecule has 2 saturated carbocycles. The Balaban J connectivity index is 1.99. The van der Waals surface area contributed by atoms with Gasteiger partial charge in [-0.15, -0.1) is 0 Å². The molecule has 4 atom stereocenters. The van der Waals surface area contributed by atoms with Crippen LogP contribution in [0, 0.1) is 22.7 Å². The molecule has 182 valence electrons. The first-order chi connectivity index (χ1) is 14.5. The maximum atomic E-state index is 13.7. The van der Waals surface area contributed by atoms with Crippen molar-refractivity contribution in [2.75, 3.05) is 0 Å². The molecular weight excluding hydrogens is 378 g/mol. The largest absolute Gasteiger partial charge is 0.337 e. The number of nitrogens with zero attached hydrogens (tertiary/aromatic N) is 1. The van der Waals surface area contributed by atoms with Crippen LogP contribution in [-0.4, -0.2) is 22.9 Å². The molecule has 0 spiro atoms. The highest BCUT2D eigenvalue weighted by Crippen LogP contribution is 2.45. The first-order valence-corrected chi connectivity index (χ1v) is 13.8. The maximum absolute atomic E-state index is 13.7. The van der Waals surface area contributed by atoms with E-state index in [1.54, 1.807) is 0 Å². The van der Waals surface area contributed by atoms with E-state index < -0.39 is 0 Å². The highest BCUT2D eigenvalue weighted by atomic mass is 16.2. The Morgan fingerprint density at radius 1 is 0.710 bits per heavy atom. The third-order valence-corrected chi connectivity index (χ3v) is 8.05. The number of amides is 1. The minimum atomic E-state index is 0.356. The summed E-state index contributed by atoms with van der Waals surface area (Å²) in [5.41, 5.74) is 0.713. The van der Waals surface area contributed by atoms with Gasteiger partial charge in [-0.05, 0) is 67.6 Å². The van der Waals surface area contributed by atoms with Gasteiger partial charge in [0.25, 0.3) is 0 Å². The standard InChI is InChI=1S/C29H55NO/c1-8-9-10-11-12-13-14-15-16-27(31)30(25-17-23(2)19-28(4,5)21-25)26-18-24(3)20-29(6,7)22-26/h23-26H,8-22H2,1-7H3/t23-,24-,25-,26+/m0/s1. The average molecular weight is 434 g/mol. The van der Waals surface area contributed by atoms with Gasteiger partial charge in [0.05, 0.1) is 0 Å². The van der Waals surface area contributed by atoms with Crippen LogP contribution in [0.1, 0.15) is 145 Å². The lowest BCUT2D eigenvalue weighted by Crippen LogP contribution is -2.54. The molecule has 0 unspecified atom stereocenters. The molecule has 0 aromatic rings. The lowest BCUT2D eigenvalue weighted by Gasteiger charge is -2.50. The van der Waals surface area contributed by atoms with E-state index in [-0.39, 0.29) is 0 Å². The Labute approximate surface area is 195 Å². The molecule has 2 aliphatic rings. The van der Waals surface area contributed by atoms with Gasteiger partial charge in [-0.1, -0.05) is 93.4 Å². The fraction of sp³-hybridized carbons (Fsp3) is 0.966. The maximum Gasteiger partial charge on any atom is 0.223 e. The van der Waals surface area contributed by atoms with Gasteiger partial charge in [0.2, 0.25) is 5.91 Å². The van der Waals surface area contributed by atoms with Gasteiger partial charge < -0.3 is 4.90 Å². The van der Waals surface area contributed by atoms with Crippen LogP contribution < -0.4 is 0 Å². The van der Waals surface area contributed by atoms with E-state index in [1.165, 1.54) is 83.5 Å². The quantitative estimate of drug-likeness (QED) is 0.298. The molecule has 0 N–H and O–H groups in total. The Hall–Kier alpha value is -0.530. The van der Waals surface area contributed by atoms with E-state index >= 15 is 0 Å². The summed E-state index contributed by atoms with van der Waals surface area (Å²) in [7, 11) is 0. The first-order valence-electron chi connectivity index (χ1n) is 13.8. The molecule has 31 heavy (non-hydrogen) atoms. The second kappa shape index (κ2) is 12.1. The van der Waals surface area contributed by atoms with E-state index in [4.69, 9.17) is 0 Å². The number of hydrogen-bond donors (Lipinski definition) is 0. The molecule has 2 aliphatic carbocycles. The van der Waals surface area contributed by atoms with Gasteiger partial charge in [0.1, 0.15) is 0 Å². The van der Waals surface area contributed by atoms with Crippen LogP contribution in [0.25, 0.3) is 0 Å². The highest BCUT2D eigenvalue weighted by molar-refractivity contribution is 5.77. The van der Waals surface area contributed by atoms with Crippen LogP contribution in [0.15, 0.2) is 0 Å². The van der Waals surface area contributed by atoms with Crippen LogP contribution >= 0.6 is 0 Å². The van der Waals surface area contributed by atoms with E-state index in [2.05, 4.69) is 53.4 Å². The van der Waals surface area contributed by atoms with Gasteiger partial charge >= 0.3 is 0 Å². The smallest absolute Gasteiger partial charge is 0.223 e. The number of carbonyl (C=O) groups is 1. The van der Waals surface area contributed by atoms with E-state index in [1.807, 2.05) is 0 Å². The molecule has 0 bridgehead atoms. The second-order valence-corrected chi connectivity index (χ2v) is 13.2. The summed E-state index contributed by atoms with van der Waals surface area (Å²) < 4.78 is 0. The van der Waals surface area contributed by atoms with Crippen molar-refractivity contribution in [1.82, 2.24) is 4.90 Å². The molecule has 1 amide bonds. The third-order valence-electron chi connectivity index (χ3n) is 8.05. The summed E-state index contributed by atoms with van der Waals surface area (Å²) >= 11 is 0. The normalized spacial score (nSPS) is 30.2. The zero-order valence-electron chi connectivity index (χ0n) is 22.3. The van der Waals surface area contributed by atoms with Gasteiger partial charge in [0.15, 0.2) is 0 Å². The second-order valence-electron chi connectivity index (χ2n) is 13.2. The van der Waals surface area contributed by atoms with Crippen molar-refractivity contribution in [3.05, 3.63) is 0 Å². The molecular formula is C29H55NO. The molecule has 0 radical (unpaired) electrons. The van der Waals surface area contributed by atoms with E-state index in [0.29, 0.717) is 28.8 Å². The molecule has 0 aromatic carbocycles. The summed E-state index contributed by atoms with van der Waals surface area (Å²) in [5, 5.41) is 0. The highest BCUT2D eigenvalue weighted by Gasteiger charge is 2.42. The van der Waals surface area contributed by atoms with Crippen molar-refractivity contribution >= 4 is 5.91 Å². The number of hydrogen-bond acceptors (Lipinski definition) is 1. The van der Waals surface area contributed by atoms with Crippen LogP contribution in [-0.2, 0) is 4.79 Å². The van der Waals surface area contributed by atoms with Crippen LogP contribution in [0.3, 0.4) is 0 Å². The molecule has 2 fully saturated rings. The zero-order valence-corrected chi connectivity index (χ0v) is 22.3. The van der Waals surface area contributed by atoms with Crippen LogP contribution in [0.2, 0.25) is 0 Å². The van der Waals surface area contributed by atoms with Crippen molar-refractivity contribution < 1.29 is 4.79 Å². The fourth-order valence-electron chi connectivity index (χ4n) is 7.26. The van der Waals surface area contributed by atoms with Crippen LogP contribution in [0.4, 0.5) is 0 Å². The molecule has 2 nitrogen and oxygen atoms in total. The lowest BCUT2D eigenvalue weighted by molar-refractivity contribution is -0.141. The summed E-state index contributed by atoms with van der Waals surface area (Å²) in [5.74, 6) is 1.91. The van der Waals surface area contributed by atoms with Gasteiger partial charge in [-0.2, -0.15) is 0 Å². The number of carbonyl (C=O) groups excluding carboxylic acids is 1. The average Bonchev–Trinajstić information content (AvgIpc) is 2.60. The van der Waals surface area contributed by atoms with Gasteiger partial charge in [0, 0.05) is 18.5 Å². The summed E-state index contributed by atoms with van der Waals surface area (Å²) in [6.45, 7) is 16.8. The van der Waals surface area contributed by atoms with Crippen molar-refractivity contribution in [2.45, 2.75) is 157 Å². The predicted octanol–water partition coefficient (Wildman–Crippen LogP) is 8.78. The Bertz CT molecular complexity index is 505. The van der Waals surface area contributed by atoms with Gasteiger partial charge in [-0.25, -0.2) is 0 Å². The van der Waals surface area contributed by atoms with Crippen LogP contribution in [0.5, 0.6) is 0 Å². The van der Waals surface area contributed by atoms with Gasteiger partial charge in [-0.3, -0.25) is 4.79 Å². The summed E-state index contributed by atoms with van der Waals surface area (Å²) in [6.07, 6.45) is 18.6. The number of rotatable bonds is 11. The minimum absolute atomic E-state index is 0.356. The summed E-state index contributed by atoms with van der Waals surface area (Å²) in [4.78, 5) is 16.1. The van der Waals surface area contributed by atoms with E-state index in [9.17, 15) is 4.79 Å². The first kappa shape index (κ1) is 26.7. The Morgan fingerprint density at radius 3 is 1.55 bits per heavy atom. The SMILES string of the molecule is CCCCCCCCCCC(=O)N([C@@H]1C[C@H](C)CC(C)(C)C1)[C@H]1C[C@H](C)CC(C)(C)C1. The lowest BCUT2D eigenvalue weighted by atomic mass is 9.67. The molecule has 0 heterocycles. The molecule has 2 rings (SSSR count). The number of unbranched alkanes of at least 4 members (excludes halogenated alkanes) is 7. The summed E-state index contributed by atoms with van der Waals surface area (Å²) in [6, 6.07) is 0.901. The Morgan fingerprint density at radius 2 is 1.13 bits per heavy atom. The topological polar surface area (TPSA) is 20.3 Å². The van der Waals surface area contributed by atoms with E-state index in [0.717, 1.165) is 24.7 Å². The third kappa shape index (κ3) is 9.09. The minimum Gasteiger partial charge on any atom is -0.337 e.